The van der Waals surface area contributed by atoms with Crippen molar-refractivity contribution in [2.24, 2.45) is 17.8 Å². The summed E-state index contributed by atoms with van der Waals surface area (Å²) in [6.45, 7) is 18.2. The number of amides is 1. The number of ether oxygens (including phenoxy) is 1. The van der Waals surface area contributed by atoms with E-state index in [-0.39, 0.29) is 18.4 Å². The molecule has 2 saturated heterocycles. The fraction of sp³-hybridized carbons (Fsp3) is 0.840. The fourth-order valence-corrected chi connectivity index (χ4v) is 4.10. The van der Waals surface area contributed by atoms with Crippen LogP contribution in [-0.4, -0.2) is 105 Å². The van der Waals surface area contributed by atoms with E-state index < -0.39 is 0 Å². The number of piperazine rings is 1. The minimum atomic E-state index is -0.104. The minimum absolute atomic E-state index is 0.102. The van der Waals surface area contributed by atoms with E-state index in [1.54, 1.807) is 0 Å². The average molecular weight is 449 g/mol. The van der Waals surface area contributed by atoms with E-state index in [0.29, 0.717) is 31.4 Å². The van der Waals surface area contributed by atoms with Crippen molar-refractivity contribution in [3.8, 4) is 11.8 Å². The molecule has 0 spiro atoms. The highest BCUT2D eigenvalue weighted by Gasteiger charge is 2.25. The highest BCUT2D eigenvalue weighted by Crippen LogP contribution is 2.19. The zero-order chi connectivity index (χ0) is 23.3. The Morgan fingerprint density at radius 2 is 1.62 bits per heavy atom. The van der Waals surface area contributed by atoms with Crippen molar-refractivity contribution in [3.05, 3.63) is 0 Å². The van der Waals surface area contributed by atoms with Crippen LogP contribution in [0.4, 0.5) is 0 Å². The number of ketones is 1. The first kappa shape index (κ1) is 26.8. The number of carbonyl (C=O) groups excluding carboxylic acids is 2. The van der Waals surface area contributed by atoms with Crippen LogP contribution < -0.4 is 5.32 Å². The van der Waals surface area contributed by atoms with Gasteiger partial charge in [-0.05, 0) is 31.8 Å². The second-order valence-corrected chi connectivity index (χ2v) is 9.79. The summed E-state index contributed by atoms with van der Waals surface area (Å²) in [6, 6.07) is 0. The standard InChI is InChI=1S/C25H44N4O3/c1-21(2)6-5-9-26-25(31)20-32-17-16-27-12-14-29(15-13-27)18-23-7-10-28(11-8-23)19-24(30)22(3)4/h21-23H,7-20H2,1-4H3,(H,26,31). The number of carbonyl (C=O) groups is 2. The van der Waals surface area contributed by atoms with Gasteiger partial charge in [0, 0.05) is 51.1 Å². The summed E-state index contributed by atoms with van der Waals surface area (Å²) in [7, 11) is 0. The van der Waals surface area contributed by atoms with Crippen LogP contribution in [0.25, 0.3) is 0 Å². The van der Waals surface area contributed by atoms with Crippen molar-refractivity contribution < 1.29 is 14.3 Å². The Morgan fingerprint density at radius 3 is 2.25 bits per heavy atom. The average Bonchev–Trinajstić information content (AvgIpc) is 2.76. The van der Waals surface area contributed by atoms with Gasteiger partial charge in [-0.15, -0.1) is 0 Å². The molecule has 7 heteroatoms. The Balaban J connectivity index is 1.50. The van der Waals surface area contributed by atoms with Crippen LogP contribution in [0.2, 0.25) is 0 Å². The molecule has 2 aliphatic rings. The van der Waals surface area contributed by atoms with Crippen LogP contribution in [0, 0.1) is 29.6 Å². The predicted octanol–water partition coefficient (Wildman–Crippen LogP) is 1.33. The molecule has 32 heavy (non-hydrogen) atoms. The maximum Gasteiger partial charge on any atom is 0.246 e. The van der Waals surface area contributed by atoms with E-state index in [1.807, 2.05) is 27.7 Å². The topological polar surface area (TPSA) is 65.1 Å². The van der Waals surface area contributed by atoms with Crippen LogP contribution >= 0.6 is 0 Å². The molecule has 0 saturated carbocycles. The molecule has 0 atom stereocenters. The predicted molar refractivity (Wildman–Crippen MR) is 128 cm³/mol. The molecule has 2 fully saturated rings. The van der Waals surface area contributed by atoms with E-state index >= 15 is 0 Å². The smallest absolute Gasteiger partial charge is 0.246 e. The second kappa shape index (κ2) is 14.6. The number of nitrogens with one attached hydrogen (secondary N) is 1. The summed E-state index contributed by atoms with van der Waals surface area (Å²) in [5, 5.41) is 2.76. The van der Waals surface area contributed by atoms with Crippen molar-refractivity contribution >= 4 is 11.7 Å². The summed E-state index contributed by atoms with van der Waals surface area (Å²) in [5.74, 6) is 7.43. The molecule has 0 unspecified atom stereocenters. The molecule has 1 N–H and O–H groups in total. The minimum Gasteiger partial charge on any atom is -0.370 e. The SMILES string of the molecule is CC(C)C#CCNC(=O)COCCN1CCN(CC2CCN(CC(=O)C(C)C)CC2)CC1. The van der Waals surface area contributed by atoms with Crippen molar-refractivity contribution in [2.45, 2.75) is 40.5 Å². The van der Waals surface area contributed by atoms with Crippen LogP contribution in [0.3, 0.4) is 0 Å². The van der Waals surface area contributed by atoms with Crippen molar-refractivity contribution in [3.63, 3.8) is 0 Å². The van der Waals surface area contributed by atoms with E-state index in [9.17, 15) is 9.59 Å². The number of rotatable bonds is 11. The summed E-state index contributed by atoms with van der Waals surface area (Å²) < 4.78 is 5.53. The van der Waals surface area contributed by atoms with Crippen LogP contribution in [0.5, 0.6) is 0 Å². The lowest BCUT2D eigenvalue weighted by Crippen LogP contribution is -2.49. The number of nitrogens with zero attached hydrogens (tertiary/aromatic N) is 3. The van der Waals surface area contributed by atoms with E-state index in [1.165, 1.54) is 19.4 Å². The van der Waals surface area contributed by atoms with Crippen molar-refractivity contribution in [1.82, 2.24) is 20.0 Å². The first-order valence-corrected chi connectivity index (χ1v) is 12.4. The zero-order valence-electron chi connectivity index (χ0n) is 20.7. The number of hydrogen-bond donors (Lipinski definition) is 1. The van der Waals surface area contributed by atoms with Gasteiger partial charge in [0.05, 0.1) is 19.7 Å². The molecule has 0 aromatic carbocycles. The van der Waals surface area contributed by atoms with E-state index in [0.717, 1.165) is 51.7 Å². The molecule has 7 nitrogen and oxygen atoms in total. The molecular formula is C25H44N4O3. The lowest BCUT2D eigenvalue weighted by molar-refractivity contribution is -0.125. The van der Waals surface area contributed by atoms with Gasteiger partial charge in [0.2, 0.25) is 5.91 Å². The Kier molecular flexibility index (Phi) is 12.3. The Labute approximate surface area is 195 Å². The molecule has 1 amide bonds. The third kappa shape index (κ3) is 10.9. The van der Waals surface area contributed by atoms with Gasteiger partial charge in [-0.3, -0.25) is 19.4 Å². The maximum absolute atomic E-state index is 12.0. The monoisotopic (exact) mass is 448 g/mol. The summed E-state index contributed by atoms with van der Waals surface area (Å²) >= 11 is 0. The highest BCUT2D eigenvalue weighted by atomic mass is 16.5. The lowest BCUT2D eigenvalue weighted by Gasteiger charge is -2.38. The Morgan fingerprint density at radius 1 is 0.969 bits per heavy atom. The number of hydrogen-bond acceptors (Lipinski definition) is 6. The first-order chi connectivity index (χ1) is 15.3. The van der Waals surface area contributed by atoms with Crippen molar-refractivity contribution in [2.75, 3.05) is 78.7 Å². The highest BCUT2D eigenvalue weighted by molar-refractivity contribution is 5.82. The normalized spacial score (nSPS) is 19.2. The molecule has 2 heterocycles. The Bertz CT molecular complexity index is 625. The Hall–Kier alpha value is -1.46. The number of Topliss-reactive ketones (excluding diaryl/α,β-unsaturated/α-hetero) is 1. The molecular weight excluding hydrogens is 404 g/mol. The van der Waals surface area contributed by atoms with Crippen LogP contribution in [-0.2, 0) is 14.3 Å². The van der Waals surface area contributed by atoms with Gasteiger partial charge in [0.1, 0.15) is 12.4 Å². The third-order valence-electron chi connectivity index (χ3n) is 6.26. The first-order valence-electron chi connectivity index (χ1n) is 12.4. The molecule has 0 radical (unpaired) electrons. The van der Waals surface area contributed by atoms with E-state index in [4.69, 9.17) is 4.74 Å². The quantitative estimate of drug-likeness (QED) is 0.380. The van der Waals surface area contributed by atoms with Gasteiger partial charge in [-0.25, -0.2) is 0 Å². The largest absolute Gasteiger partial charge is 0.370 e. The number of likely N-dealkylation sites (tertiary alicyclic amines) is 1. The molecule has 0 bridgehead atoms. The molecule has 2 rings (SSSR count). The van der Waals surface area contributed by atoms with Gasteiger partial charge in [0.15, 0.2) is 0 Å². The summed E-state index contributed by atoms with van der Waals surface area (Å²) in [4.78, 5) is 31.0. The van der Waals surface area contributed by atoms with Gasteiger partial charge in [0.25, 0.3) is 0 Å². The van der Waals surface area contributed by atoms with Gasteiger partial charge < -0.3 is 15.0 Å². The van der Waals surface area contributed by atoms with Gasteiger partial charge in [-0.2, -0.15) is 0 Å². The van der Waals surface area contributed by atoms with E-state index in [2.05, 4.69) is 31.9 Å². The van der Waals surface area contributed by atoms with Gasteiger partial charge in [-0.1, -0.05) is 39.5 Å². The van der Waals surface area contributed by atoms with Crippen LogP contribution in [0.1, 0.15) is 40.5 Å². The fourth-order valence-electron chi connectivity index (χ4n) is 4.10. The zero-order valence-corrected chi connectivity index (χ0v) is 20.7. The number of piperidine rings is 1. The molecule has 2 aliphatic heterocycles. The molecule has 0 aromatic rings. The molecule has 182 valence electrons. The maximum atomic E-state index is 12.0. The molecule has 0 aromatic heterocycles. The summed E-state index contributed by atoms with van der Waals surface area (Å²) in [5.41, 5.74) is 0. The van der Waals surface area contributed by atoms with Crippen LogP contribution in [0.15, 0.2) is 0 Å². The third-order valence-corrected chi connectivity index (χ3v) is 6.26. The lowest BCUT2D eigenvalue weighted by atomic mass is 9.95. The summed E-state index contributed by atoms with van der Waals surface area (Å²) in [6.07, 6.45) is 2.40. The second-order valence-electron chi connectivity index (χ2n) is 9.79. The van der Waals surface area contributed by atoms with Crippen molar-refractivity contribution in [1.29, 1.82) is 0 Å². The molecule has 0 aliphatic carbocycles. The van der Waals surface area contributed by atoms with Gasteiger partial charge >= 0.3 is 0 Å².